The van der Waals surface area contributed by atoms with E-state index in [9.17, 15) is 4.39 Å². The summed E-state index contributed by atoms with van der Waals surface area (Å²) in [5.41, 5.74) is 1.59. The summed E-state index contributed by atoms with van der Waals surface area (Å²) >= 11 is 1.77. The lowest BCUT2D eigenvalue weighted by Crippen LogP contribution is -2.39. The van der Waals surface area contributed by atoms with Crippen LogP contribution < -0.4 is 10.6 Å². The molecule has 1 unspecified atom stereocenters. The minimum Gasteiger partial charge on any atom is -0.357 e. The minimum atomic E-state index is -0.166. The van der Waals surface area contributed by atoms with E-state index in [4.69, 9.17) is 0 Å². The molecular weight excluding hydrogens is 400 g/mol. The van der Waals surface area contributed by atoms with Crippen molar-refractivity contribution in [2.75, 3.05) is 25.1 Å². The minimum absolute atomic E-state index is 0. The largest absolute Gasteiger partial charge is 0.357 e. The summed E-state index contributed by atoms with van der Waals surface area (Å²) in [6, 6.07) is 5.35. The zero-order chi connectivity index (χ0) is 15.0. The first-order chi connectivity index (χ1) is 9.58. The van der Waals surface area contributed by atoms with Crippen LogP contribution in [0.2, 0.25) is 0 Å². The van der Waals surface area contributed by atoms with Crippen LogP contribution in [-0.4, -0.2) is 31.1 Å². The second-order valence-corrected chi connectivity index (χ2v) is 5.61. The Morgan fingerprint density at radius 2 is 2.14 bits per heavy atom. The second-order valence-electron chi connectivity index (χ2n) is 4.63. The molecule has 0 aliphatic carbocycles. The molecule has 3 nitrogen and oxygen atoms in total. The Labute approximate surface area is 148 Å². The number of nitrogens with one attached hydrogen (secondary N) is 2. The van der Waals surface area contributed by atoms with Gasteiger partial charge in [0, 0.05) is 12.3 Å². The monoisotopic (exact) mass is 425 g/mol. The number of hydrogen-bond acceptors (Lipinski definition) is 2. The molecule has 120 valence electrons. The van der Waals surface area contributed by atoms with E-state index in [1.165, 1.54) is 0 Å². The van der Waals surface area contributed by atoms with Gasteiger partial charge in [0.2, 0.25) is 0 Å². The van der Waals surface area contributed by atoms with Crippen molar-refractivity contribution in [2.45, 2.75) is 26.8 Å². The normalized spacial score (nSPS) is 12.5. The van der Waals surface area contributed by atoms with Crippen LogP contribution in [0.5, 0.6) is 0 Å². The van der Waals surface area contributed by atoms with Gasteiger partial charge in [-0.25, -0.2) is 4.39 Å². The Hall–Kier alpha value is -0.500. The lowest BCUT2D eigenvalue weighted by atomic mass is 10.1. The number of aliphatic imine (C=N–C) groups is 1. The van der Waals surface area contributed by atoms with Crippen molar-refractivity contribution in [1.82, 2.24) is 10.6 Å². The molecule has 0 saturated heterocycles. The van der Waals surface area contributed by atoms with E-state index >= 15 is 0 Å². The van der Waals surface area contributed by atoms with Crippen molar-refractivity contribution < 1.29 is 4.39 Å². The number of halogens is 2. The van der Waals surface area contributed by atoms with Crippen LogP contribution in [0.4, 0.5) is 4.39 Å². The summed E-state index contributed by atoms with van der Waals surface area (Å²) < 4.78 is 13.6. The molecular formula is C15H25FIN3S. The summed E-state index contributed by atoms with van der Waals surface area (Å²) in [7, 11) is 0. The van der Waals surface area contributed by atoms with Gasteiger partial charge in [0.25, 0.3) is 0 Å². The maximum Gasteiger partial charge on any atom is 0.191 e. The SMILES string of the molecule is CCNC(=NCCSC)NC(C)c1ccc(C)c(F)c1.I. The number of thioether (sulfide) groups is 1. The fourth-order valence-electron chi connectivity index (χ4n) is 1.74. The van der Waals surface area contributed by atoms with Crippen molar-refractivity contribution >= 4 is 41.7 Å². The summed E-state index contributed by atoms with van der Waals surface area (Å²) in [5, 5.41) is 6.51. The summed E-state index contributed by atoms with van der Waals surface area (Å²) in [4.78, 5) is 4.49. The Bertz CT molecular complexity index is 455. The second kappa shape index (κ2) is 11.1. The van der Waals surface area contributed by atoms with Crippen molar-refractivity contribution in [2.24, 2.45) is 4.99 Å². The van der Waals surface area contributed by atoms with Crippen molar-refractivity contribution in [1.29, 1.82) is 0 Å². The molecule has 0 saturated carbocycles. The van der Waals surface area contributed by atoms with Gasteiger partial charge in [-0.3, -0.25) is 4.99 Å². The van der Waals surface area contributed by atoms with Crippen LogP contribution in [0.25, 0.3) is 0 Å². The molecule has 2 N–H and O–H groups in total. The first kappa shape index (κ1) is 20.5. The van der Waals surface area contributed by atoms with Gasteiger partial charge in [-0.1, -0.05) is 12.1 Å². The number of guanidine groups is 1. The zero-order valence-electron chi connectivity index (χ0n) is 13.1. The molecule has 1 aromatic rings. The maximum absolute atomic E-state index is 13.6. The van der Waals surface area contributed by atoms with Gasteiger partial charge in [0.05, 0.1) is 12.6 Å². The Kier molecular flexibility index (Phi) is 10.9. The average Bonchev–Trinajstić information content (AvgIpc) is 2.42. The van der Waals surface area contributed by atoms with E-state index in [0.29, 0.717) is 5.56 Å². The molecule has 0 heterocycles. The van der Waals surface area contributed by atoms with E-state index in [1.54, 1.807) is 30.8 Å². The average molecular weight is 425 g/mol. The highest BCUT2D eigenvalue weighted by molar-refractivity contribution is 14.0. The molecule has 0 amide bonds. The van der Waals surface area contributed by atoms with Crippen LogP contribution in [0.1, 0.15) is 31.0 Å². The highest BCUT2D eigenvalue weighted by Gasteiger charge is 2.09. The molecule has 0 spiro atoms. The molecule has 0 aliphatic rings. The molecule has 21 heavy (non-hydrogen) atoms. The number of nitrogens with zero attached hydrogens (tertiary/aromatic N) is 1. The van der Waals surface area contributed by atoms with Gasteiger partial charge in [0.1, 0.15) is 5.82 Å². The van der Waals surface area contributed by atoms with Crippen LogP contribution in [0.3, 0.4) is 0 Å². The lowest BCUT2D eigenvalue weighted by molar-refractivity contribution is 0.607. The number of rotatable bonds is 6. The van der Waals surface area contributed by atoms with Gasteiger partial charge in [-0.2, -0.15) is 11.8 Å². The Morgan fingerprint density at radius 3 is 2.71 bits per heavy atom. The van der Waals surface area contributed by atoms with Gasteiger partial charge in [-0.15, -0.1) is 24.0 Å². The Balaban J connectivity index is 0.00000400. The highest BCUT2D eigenvalue weighted by atomic mass is 127. The third-order valence-corrected chi connectivity index (χ3v) is 3.55. The fourth-order valence-corrected chi connectivity index (χ4v) is 2.01. The Morgan fingerprint density at radius 1 is 1.43 bits per heavy atom. The third-order valence-electron chi connectivity index (χ3n) is 2.96. The molecule has 0 radical (unpaired) electrons. The topological polar surface area (TPSA) is 36.4 Å². The van der Waals surface area contributed by atoms with E-state index in [0.717, 1.165) is 30.4 Å². The van der Waals surface area contributed by atoms with E-state index < -0.39 is 0 Å². The third kappa shape index (κ3) is 7.35. The molecule has 0 fully saturated rings. The van der Waals surface area contributed by atoms with E-state index in [-0.39, 0.29) is 35.8 Å². The van der Waals surface area contributed by atoms with Crippen LogP contribution >= 0.6 is 35.7 Å². The van der Waals surface area contributed by atoms with Crippen molar-refractivity contribution in [3.8, 4) is 0 Å². The molecule has 1 atom stereocenters. The van der Waals surface area contributed by atoms with Gasteiger partial charge in [0.15, 0.2) is 5.96 Å². The molecule has 1 rings (SSSR count). The number of benzene rings is 1. The van der Waals surface area contributed by atoms with Gasteiger partial charge < -0.3 is 10.6 Å². The summed E-state index contributed by atoms with van der Waals surface area (Å²) in [5.74, 6) is 1.60. The first-order valence-electron chi connectivity index (χ1n) is 6.88. The smallest absolute Gasteiger partial charge is 0.191 e. The number of hydrogen-bond donors (Lipinski definition) is 2. The summed E-state index contributed by atoms with van der Waals surface area (Å²) in [6.45, 7) is 7.38. The quantitative estimate of drug-likeness (QED) is 0.316. The fraction of sp³-hybridized carbons (Fsp3) is 0.533. The van der Waals surface area contributed by atoms with Gasteiger partial charge in [-0.05, 0) is 44.2 Å². The highest BCUT2D eigenvalue weighted by Crippen LogP contribution is 2.16. The van der Waals surface area contributed by atoms with Crippen LogP contribution in [0, 0.1) is 12.7 Å². The maximum atomic E-state index is 13.6. The molecule has 0 bridgehead atoms. The van der Waals surface area contributed by atoms with Crippen LogP contribution in [-0.2, 0) is 0 Å². The molecule has 0 aromatic heterocycles. The van der Waals surface area contributed by atoms with Gasteiger partial charge >= 0.3 is 0 Å². The van der Waals surface area contributed by atoms with E-state index in [2.05, 4.69) is 21.9 Å². The molecule has 0 aliphatic heterocycles. The van der Waals surface area contributed by atoms with Crippen LogP contribution in [0.15, 0.2) is 23.2 Å². The first-order valence-corrected chi connectivity index (χ1v) is 8.27. The van der Waals surface area contributed by atoms with E-state index in [1.807, 2.05) is 19.9 Å². The molecule has 1 aromatic carbocycles. The standard InChI is InChI=1S/C15H24FN3S.HI/c1-5-17-15(18-8-9-20-4)19-12(3)13-7-6-11(2)14(16)10-13;/h6-7,10,12H,5,8-9H2,1-4H3,(H2,17,18,19);1H. The van der Waals surface area contributed by atoms with Crippen molar-refractivity contribution in [3.63, 3.8) is 0 Å². The predicted molar refractivity (Wildman–Crippen MR) is 102 cm³/mol. The number of aryl methyl sites for hydroxylation is 1. The summed E-state index contributed by atoms with van der Waals surface area (Å²) in [6.07, 6.45) is 2.06. The molecule has 6 heteroatoms. The lowest BCUT2D eigenvalue weighted by Gasteiger charge is -2.18. The predicted octanol–water partition coefficient (Wildman–Crippen LogP) is 3.73. The zero-order valence-corrected chi connectivity index (χ0v) is 16.2. The van der Waals surface area contributed by atoms with Crippen molar-refractivity contribution in [3.05, 3.63) is 35.1 Å².